The van der Waals surface area contributed by atoms with Crippen LogP contribution in [0.2, 0.25) is 0 Å². The Balaban J connectivity index is 1.49. The van der Waals surface area contributed by atoms with Crippen LogP contribution in [0.4, 0.5) is 17.6 Å². The molecule has 0 unspecified atom stereocenters. The van der Waals surface area contributed by atoms with Crippen LogP contribution in [0.1, 0.15) is 5.56 Å². The van der Waals surface area contributed by atoms with Crippen LogP contribution in [0.5, 0.6) is 17.2 Å². The molecule has 0 fully saturated rings. The number of hydrogen-bond acceptors (Lipinski definition) is 9. The number of nitrogens with zero attached hydrogens (tertiary/aromatic N) is 5. The van der Waals surface area contributed by atoms with Crippen molar-refractivity contribution in [1.29, 1.82) is 0 Å². The third kappa shape index (κ3) is 4.73. The van der Waals surface area contributed by atoms with Gasteiger partial charge in [0, 0.05) is 28.8 Å². The van der Waals surface area contributed by atoms with E-state index in [2.05, 4.69) is 41.5 Å². The summed E-state index contributed by atoms with van der Waals surface area (Å²) in [5.41, 5.74) is 3.27. The zero-order valence-corrected chi connectivity index (χ0v) is 21.0. The number of rotatable bonds is 8. The second-order valence-corrected chi connectivity index (χ2v) is 8.62. The normalized spacial score (nSPS) is 10.9. The standard InChI is InChI=1S/C25H22BrN7O3/c1-35-21-12-17(11-20(34)22(21)36-2)30-23-28-14-29-25(32-23)33-19-6-4-3-5-18(19)31-24(33)27-13-15-7-9-16(26)10-8-15/h3-12,14,34H,13H2,1-2H3,(H,27,31)(H,28,29,30,32). The highest BCUT2D eigenvalue weighted by Gasteiger charge is 2.16. The number of imidazole rings is 1. The van der Waals surface area contributed by atoms with Gasteiger partial charge in [-0.1, -0.05) is 40.2 Å². The van der Waals surface area contributed by atoms with Crippen molar-refractivity contribution < 1.29 is 14.6 Å². The lowest BCUT2D eigenvalue weighted by atomic mass is 10.2. The number of phenolic OH excluding ortho intramolecular Hbond substituents is 1. The van der Waals surface area contributed by atoms with Gasteiger partial charge in [0.2, 0.25) is 23.6 Å². The van der Waals surface area contributed by atoms with Crippen molar-refractivity contribution in [3.05, 3.63) is 77.0 Å². The number of anilines is 3. The first-order valence-corrected chi connectivity index (χ1v) is 11.7. The van der Waals surface area contributed by atoms with Crippen LogP contribution in [-0.4, -0.2) is 43.8 Å². The molecule has 0 amide bonds. The molecule has 0 radical (unpaired) electrons. The van der Waals surface area contributed by atoms with Crippen LogP contribution in [-0.2, 0) is 6.54 Å². The zero-order valence-electron chi connectivity index (χ0n) is 19.4. The van der Waals surface area contributed by atoms with Crippen molar-refractivity contribution in [2.45, 2.75) is 6.54 Å². The number of halogens is 1. The number of aromatic hydroxyl groups is 1. The Hall–Kier alpha value is -4.38. The van der Waals surface area contributed by atoms with Gasteiger partial charge in [0.15, 0.2) is 11.5 Å². The number of benzene rings is 3. The minimum atomic E-state index is -0.0753. The number of fused-ring (bicyclic) bond motifs is 1. The number of para-hydroxylation sites is 2. The summed E-state index contributed by atoms with van der Waals surface area (Å²) in [5.74, 6) is 1.79. The van der Waals surface area contributed by atoms with Crippen LogP contribution < -0.4 is 20.1 Å². The first-order valence-electron chi connectivity index (χ1n) is 10.9. The maximum absolute atomic E-state index is 10.3. The average Bonchev–Trinajstić information content (AvgIpc) is 3.26. The second-order valence-electron chi connectivity index (χ2n) is 7.70. The van der Waals surface area contributed by atoms with E-state index >= 15 is 0 Å². The number of methoxy groups -OCH3 is 2. The summed E-state index contributed by atoms with van der Waals surface area (Å²) in [5, 5.41) is 16.8. The van der Waals surface area contributed by atoms with Gasteiger partial charge < -0.3 is 25.2 Å². The molecular weight excluding hydrogens is 526 g/mol. The van der Waals surface area contributed by atoms with E-state index in [0.29, 0.717) is 29.9 Å². The summed E-state index contributed by atoms with van der Waals surface area (Å²) in [6.07, 6.45) is 1.42. The largest absolute Gasteiger partial charge is 0.504 e. The summed E-state index contributed by atoms with van der Waals surface area (Å²) >= 11 is 3.46. The molecule has 2 aromatic heterocycles. The topological polar surface area (TPSA) is 119 Å². The van der Waals surface area contributed by atoms with Gasteiger partial charge in [0.1, 0.15) is 6.33 Å². The van der Waals surface area contributed by atoms with E-state index in [1.807, 2.05) is 53.1 Å². The Morgan fingerprint density at radius 3 is 2.56 bits per heavy atom. The molecule has 182 valence electrons. The number of aromatic nitrogens is 5. The van der Waals surface area contributed by atoms with E-state index in [9.17, 15) is 5.11 Å². The number of nitrogens with one attached hydrogen (secondary N) is 2. The van der Waals surface area contributed by atoms with E-state index in [0.717, 1.165) is 21.1 Å². The van der Waals surface area contributed by atoms with Crippen LogP contribution >= 0.6 is 15.9 Å². The fourth-order valence-corrected chi connectivity index (χ4v) is 4.00. The highest BCUT2D eigenvalue weighted by Crippen LogP contribution is 2.39. The van der Waals surface area contributed by atoms with Gasteiger partial charge in [-0.25, -0.2) is 19.5 Å². The van der Waals surface area contributed by atoms with Gasteiger partial charge in [-0.15, -0.1) is 0 Å². The van der Waals surface area contributed by atoms with Crippen molar-refractivity contribution in [3.63, 3.8) is 0 Å². The first kappa shape index (κ1) is 23.4. The fourth-order valence-electron chi connectivity index (χ4n) is 3.73. The van der Waals surface area contributed by atoms with Gasteiger partial charge >= 0.3 is 0 Å². The van der Waals surface area contributed by atoms with Crippen molar-refractivity contribution in [1.82, 2.24) is 24.5 Å². The van der Waals surface area contributed by atoms with Crippen LogP contribution in [0.25, 0.3) is 17.0 Å². The summed E-state index contributed by atoms with van der Waals surface area (Å²) in [6.45, 7) is 0.567. The Labute approximate surface area is 215 Å². The number of hydrogen-bond donors (Lipinski definition) is 3. The van der Waals surface area contributed by atoms with Crippen LogP contribution in [0.15, 0.2) is 71.5 Å². The highest BCUT2D eigenvalue weighted by molar-refractivity contribution is 9.10. The Morgan fingerprint density at radius 1 is 0.972 bits per heavy atom. The Morgan fingerprint density at radius 2 is 1.78 bits per heavy atom. The van der Waals surface area contributed by atoms with E-state index in [4.69, 9.17) is 14.5 Å². The van der Waals surface area contributed by atoms with E-state index in [1.54, 1.807) is 6.07 Å². The Kier molecular flexibility index (Phi) is 6.54. The van der Waals surface area contributed by atoms with Crippen molar-refractivity contribution in [3.8, 4) is 23.2 Å². The second kappa shape index (κ2) is 10.1. The zero-order chi connectivity index (χ0) is 25.1. The number of ether oxygens (including phenoxy) is 2. The molecule has 0 aliphatic heterocycles. The fraction of sp³-hybridized carbons (Fsp3) is 0.120. The lowest BCUT2D eigenvalue weighted by molar-refractivity contribution is 0.333. The van der Waals surface area contributed by atoms with Gasteiger partial charge in [-0.3, -0.25) is 0 Å². The summed E-state index contributed by atoms with van der Waals surface area (Å²) in [4.78, 5) is 18.0. The molecule has 11 heteroatoms. The molecule has 0 spiro atoms. The monoisotopic (exact) mass is 547 g/mol. The average molecular weight is 548 g/mol. The Bertz CT molecular complexity index is 1520. The minimum absolute atomic E-state index is 0.0753. The third-order valence-electron chi connectivity index (χ3n) is 5.40. The van der Waals surface area contributed by atoms with Gasteiger partial charge in [0.05, 0.1) is 25.3 Å². The molecule has 0 aliphatic rings. The summed E-state index contributed by atoms with van der Waals surface area (Å²) in [6, 6.07) is 19.0. The maximum atomic E-state index is 10.3. The molecule has 2 heterocycles. The first-order chi connectivity index (χ1) is 17.6. The minimum Gasteiger partial charge on any atom is -0.504 e. The molecule has 0 aliphatic carbocycles. The molecule has 0 saturated heterocycles. The smallest absolute Gasteiger partial charge is 0.241 e. The lowest BCUT2D eigenvalue weighted by Crippen LogP contribution is -2.10. The molecule has 0 atom stereocenters. The molecule has 36 heavy (non-hydrogen) atoms. The quantitative estimate of drug-likeness (QED) is 0.245. The molecular formula is C25H22BrN7O3. The van der Waals surface area contributed by atoms with Gasteiger partial charge in [-0.2, -0.15) is 4.98 Å². The molecule has 3 N–H and O–H groups in total. The van der Waals surface area contributed by atoms with Crippen LogP contribution in [0.3, 0.4) is 0 Å². The molecule has 3 aromatic carbocycles. The van der Waals surface area contributed by atoms with Crippen molar-refractivity contribution in [2.75, 3.05) is 24.9 Å². The molecule has 5 aromatic rings. The maximum Gasteiger partial charge on any atom is 0.241 e. The molecule has 0 bridgehead atoms. The predicted molar refractivity (Wildman–Crippen MR) is 140 cm³/mol. The van der Waals surface area contributed by atoms with Crippen LogP contribution in [0, 0.1) is 0 Å². The molecule has 0 saturated carbocycles. The lowest BCUT2D eigenvalue weighted by Gasteiger charge is -2.13. The summed E-state index contributed by atoms with van der Waals surface area (Å²) in [7, 11) is 2.95. The molecule has 10 nitrogen and oxygen atoms in total. The van der Waals surface area contributed by atoms with E-state index < -0.39 is 0 Å². The van der Waals surface area contributed by atoms with E-state index in [1.165, 1.54) is 26.6 Å². The number of phenols is 1. The van der Waals surface area contributed by atoms with E-state index in [-0.39, 0.29) is 17.4 Å². The van der Waals surface area contributed by atoms with Gasteiger partial charge in [-0.05, 0) is 29.8 Å². The third-order valence-corrected chi connectivity index (χ3v) is 5.93. The SMILES string of the molecule is COc1cc(Nc2ncnc(-n3c(NCc4ccc(Br)cc4)nc4ccccc43)n2)cc(O)c1OC. The summed E-state index contributed by atoms with van der Waals surface area (Å²) < 4.78 is 13.4. The van der Waals surface area contributed by atoms with Crippen molar-refractivity contribution >= 4 is 44.5 Å². The molecule has 5 rings (SSSR count). The van der Waals surface area contributed by atoms with Crippen molar-refractivity contribution in [2.24, 2.45) is 0 Å². The predicted octanol–water partition coefficient (Wildman–Crippen LogP) is 5.05. The van der Waals surface area contributed by atoms with Gasteiger partial charge in [0.25, 0.3) is 0 Å². The highest BCUT2D eigenvalue weighted by atomic mass is 79.9.